The van der Waals surface area contributed by atoms with Gasteiger partial charge in [0.05, 0.1) is 5.69 Å². The molecule has 10 rings (SSSR count). The fourth-order valence-corrected chi connectivity index (χ4v) is 8.56. The molecule has 49 heavy (non-hydrogen) atoms. The topological polar surface area (TPSA) is 16.4 Å². The van der Waals surface area contributed by atoms with Crippen molar-refractivity contribution in [2.45, 2.75) is 0 Å². The number of hydrogen-bond acceptors (Lipinski definition) is 3. The summed E-state index contributed by atoms with van der Waals surface area (Å²) in [5.41, 5.74) is 9.86. The lowest BCUT2D eigenvalue weighted by Gasteiger charge is -2.28. The third-order valence-corrected chi connectivity index (χ3v) is 10.8. The minimum absolute atomic E-state index is 0.888. The maximum Gasteiger partial charge on any atom is 0.135 e. The number of hydrogen-bond donors (Lipinski definition) is 0. The Bertz CT molecular complexity index is 2830. The van der Waals surface area contributed by atoms with Crippen molar-refractivity contribution in [2.24, 2.45) is 0 Å². The molecule has 0 aliphatic rings. The Morgan fingerprint density at radius 3 is 1.88 bits per heavy atom. The van der Waals surface area contributed by atoms with Gasteiger partial charge in [0.15, 0.2) is 0 Å². The Balaban J connectivity index is 1.27. The molecule has 0 fully saturated rings. The molecule has 2 aromatic heterocycles. The SMILES string of the molecule is c1ccc(-c2ccc(N(c3ccc4oc5ccccc5c4c3)c3cccc4c3ccc3sc5ccccc5c34)cc2-c2ccccc2)cc1. The first-order chi connectivity index (χ1) is 24.3. The number of furan rings is 1. The average Bonchev–Trinajstić information content (AvgIpc) is 3.74. The van der Waals surface area contributed by atoms with Crippen LogP contribution in [0, 0.1) is 0 Å². The Labute approximate surface area is 287 Å². The second-order valence-corrected chi connectivity index (χ2v) is 13.6. The van der Waals surface area contributed by atoms with Gasteiger partial charge in [0, 0.05) is 47.7 Å². The number of anilines is 3. The van der Waals surface area contributed by atoms with Gasteiger partial charge < -0.3 is 9.32 Å². The molecular weight excluding hydrogens is 615 g/mol. The van der Waals surface area contributed by atoms with Crippen molar-refractivity contribution >= 4 is 81.3 Å². The van der Waals surface area contributed by atoms with E-state index in [4.69, 9.17) is 4.42 Å². The van der Waals surface area contributed by atoms with Gasteiger partial charge in [-0.05, 0) is 82.2 Å². The van der Waals surface area contributed by atoms with Gasteiger partial charge in [0.2, 0.25) is 0 Å². The Hall–Kier alpha value is -6.16. The highest BCUT2D eigenvalue weighted by molar-refractivity contribution is 7.26. The summed E-state index contributed by atoms with van der Waals surface area (Å²) in [6, 6.07) is 63.3. The fraction of sp³-hybridized carbons (Fsp3) is 0. The molecule has 0 unspecified atom stereocenters. The van der Waals surface area contributed by atoms with Gasteiger partial charge in [-0.15, -0.1) is 11.3 Å². The minimum Gasteiger partial charge on any atom is -0.456 e. The fourth-order valence-electron chi connectivity index (χ4n) is 7.44. The van der Waals surface area contributed by atoms with Crippen LogP contribution in [0.2, 0.25) is 0 Å². The van der Waals surface area contributed by atoms with E-state index in [1.807, 2.05) is 23.5 Å². The van der Waals surface area contributed by atoms with Crippen molar-refractivity contribution in [1.29, 1.82) is 0 Å². The molecule has 0 spiro atoms. The molecule has 0 N–H and O–H groups in total. The summed E-state index contributed by atoms with van der Waals surface area (Å²) in [6.45, 7) is 0. The molecule has 0 aliphatic heterocycles. The third kappa shape index (κ3) is 4.55. The van der Waals surface area contributed by atoms with Crippen LogP contribution in [-0.2, 0) is 0 Å². The summed E-state index contributed by atoms with van der Waals surface area (Å²) in [5, 5.41) is 7.32. The maximum absolute atomic E-state index is 6.27. The molecule has 230 valence electrons. The monoisotopic (exact) mass is 643 g/mol. The largest absolute Gasteiger partial charge is 0.456 e. The average molecular weight is 644 g/mol. The lowest BCUT2D eigenvalue weighted by atomic mass is 9.93. The van der Waals surface area contributed by atoms with E-state index in [1.165, 1.54) is 53.2 Å². The highest BCUT2D eigenvalue weighted by Crippen LogP contribution is 2.46. The van der Waals surface area contributed by atoms with Crippen LogP contribution in [0.25, 0.3) is 75.1 Å². The van der Waals surface area contributed by atoms with Gasteiger partial charge in [-0.25, -0.2) is 0 Å². The standard InChI is InChI=1S/C46H29NOS/c1-3-12-30(13-4-1)34-24-22-32(28-39(34)31-14-5-2-6-15-31)47(33-23-26-43-40(29-33)36-16-7-9-20-42(36)48-43)41-19-11-18-37-35(41)25-27-45-46(37)38-17-8-10-21-44(38)49-45/h1-29H. The van der Waals surface area contributed by atoms with Crippen molar-refractivity contribution in [2.75, 3.05) is 4.90 Å². The summed E-state index contributed by atoms with van der Waals surface area (Å²) in [7, 11) is 0. The predicted molar refractivity (Wildman–Crippen MR) is 210 cm³/mol. The Morgan fingerprint density at radius 2 is 1.04 bits per heavy atom. The smallest absolute Gasteiger partial charge is 0.135 e. The summed E-state index contributed by atoms with van der Waals surface area (Å²) in [4.78, 5) is 2.42. The summed E-state index contributed by atoms with van der Waals surface area (Å²) < 4.78 is 8.89. The van der Waals surface area contributed by atoms with Gasteiger partial charge in [0.25, 0.3) is 0 Å². The number of fused-ring (bicyclic) bond motifs is 8. The maximum atomic E-state index is 6.27. The first-order valence-corrected chi connectivity index (χ1v) is 17.4. The van der Waals surface area contributed by atoms with E-state index in [0.29, 0.717) is 0 Å². The predicted octanol–water partition coefficient (Wildman–Crippen LogP) is 13.9. The zero-order valence-electron chi connectivity index (χ0n) is 26.5. The van der Waals surface area contributed by atoms with Crippen LogP contribution >= 0.6 is 11.3 Å². The van der Waals surface area contributed by atoms with Gasteiger partial charge in [0.1, 0.15) is 11.2 Å². The second kappa shape index (κ2) is 11.2. The van der Waals surface area contributed by atoms with Gasteiger partial charge in [-0.2, -0.15) is 0 Å². The summed E-state index contributed by atoms with van der Waals surface area (Å²) >= 11 is 1.86. The van der Waals surface area contributed by atoms with Crippen molar-refractivity contribution in [1.82, 2.24) is 0 Å². The van der Waals surface area contributed by atoms with E-state index in [0.717, 1.165) is 39.0 Å². The molecular formula is C46H29NOS. The van der Waals surface area contributed by atoms with Crippen molar-refractivity contribution in [3.8, 4) is 22.3 Å². The normalized spacial score (nSPS) is 11.7. The van der Waals surface area contributed by atoms with Crippen molar-refractivity contribution < 1.29 is 4.42 Å². The zero-order chi connectivity index (χ0) is 32.3. The number of thiophene rings is 1. The van der Waals surface area contributed by atoms with Crippen molar-refractivity contribution in [3.63, 3.8) is 0 Å². The van der Waals surface area contributed by atoms with E-state index < -0.39 is 0 Å². The second-order valence-electron chi connectivity index (χ2n) is 12.5. The first kappa shape index (κ1) is 27.9. The highest BCUT2D eigenvalue weighted by Gasteiger charge is 2.21. The minimum atomic E-state index is 0.888. The lowest BCUT2D eigenvalue weighted by molar-refractivity contribution is 0.669. The van der Waals surface area contributed by atoms with Gasteiger partial charge in [-0.1, -0.05) is 121 Å². The van der Waals surface area contributed by atoms with Crippen LogP contribution < -0.4 is 4.90 Å². The number of nitrogens with zero attached hydrogens (tertiary/aromatic N) is 1. The number of benzene rings is 8. The molecule has 0 amide bonds. The molecule has 0 saturated heterocycles. The molecule has 8 aromatic carbocycles. The van der Waals surface area contributed by atoms with Crippen LogP contribution in [0.3, 0.4) is 0 Å². The van der Waals surface area contributed by atoms with E-state index in [1.54, 1.807) is 0 Å². The molecule has 0 saturated carbocycles. The van der Waals surface area contributed by atoms with E-state index >= 15 is 0 Å². The summed E-state index contributed by atoms with van der Waals surface area (Å²) in [6.07, 6.45) is 0. The molecule has 0 atom stereocenters. The number of para-hydroxylation sites is 1. The number of rotatable bonds is 5. The molecule has 2 heterocycles. The molecule has 10 aromatic rings. The van der Waals surface area contributed by atoms with Crippen molar-refractivity contribution in [3.05, 3.63) is 176 Å². The molecule has 3 heteroatoms. The zero-order valence-corrected chi connectivity index (χ0v) is 27.3. The van der Waals surface area contributed by atoms with Crippen LogP contribution in [0.5, 0.6) is 0 Å². The molecule has 0 bridgehead atoms. The molecule has 0 aliphatic carbocycles. The van der Waals surface area contributed by atoms with Crippen LogP contribution in [0.4, 0.5) is 17.1 Å². The van der Waals surface area contributed by atoms with Gasteiger partial charge >= 0.3 is 0 Å². The first-order valence-electron chi connectivity index (χ1n) is 16.6. The van der Waals surface area contributed by atoms with Crippen LogP contribution in [0.1, 0.15) is 0 Å². The van der Waals surface area contributed by atoms with Crippen LogP contribution in [-0.4, -0.2) is 0 Å². The molecule has 0 radical (unpaired) electrons. The molecule has 2 nitrogen and oxygen atoms in total. The lowest BCUT2D eigenvalue weighted by Crippen LogP contribution is -2.11. The Morgan fingerprint density at radius 1 is 0.388 bits per heavy atom. The quantitative estimate of drug-likeness (QED) is 0.186. The van der Waals surface area contributed by atoms with E-state index in [9.17, 15) is 0 Å². The Kier molecular flexibility index (Phi) is 6.39. The highest BCUT2D eigenvalue weighted by atomic mass is 32.1. The van der Waals surface area contributed by atoms with Gasteiger partial charge in [-0.3, -0.25) is 0 Å². The summed E-state index contributed by atoms with van der Waals surface area (Å²) in [5.74, 6) is 0. The van der Waals surface area contributed by atoms with E-state index in [-0.39, 0.29) is 0 Å². The third-order valence-electron chi connectivity index (χ3n) is 9.67. The van der Waals surface area contributed by atoms with Crippen LogP contribution in [0.15, 0.2) is 180 Å². The van der Waals surface area contributed by atoms with E-state index in [2.05, 4.69) is 169 Å².